The highest BCUT2D eigenvalue weighted by Gasteiger charge is 2.47. The van der Waals surface area contributed by atoms with E-state index in [2.05, 4.69) is 25.5 Å². The molecule has 0 bridgehead atoms. The number of nitrogens with zero attached hydrogens (tertiary/aromatic N) is 7. The molecule has 4 aliphatic rings. The van der Waals surface area contributed by atoms with Crippen LogP contribution in [0.4, 0.5) is 17.1 Å². The van der Waals surface area contributed by atoms with Gasteiger partial charge in [0, 0.05) is 94.7 Å². The quantitative estimate of drug-likeness (QED) is 0.0673. The van der Waals surface area contributed by atoms with Gasteiger partial charge in [0.2, 0.25) is 17.7 Å². The van der Waals surface area contributed by atoms with E-state index in [1.807, 2.05) is 47.4 Å². The van der Waals surface area contributed by atoms with E-state index in [1.165, 1.54) is 19.4 Å². The predicted octanol–water partition coefficient (Wildman–Crippen LogP) is 3.74. The first-order valence-corrected chi connectivity index (χ1v) is 25.8. The first kappa shape index (κ1) is 54.9. The van der Waals surface area contributed by atoms with Crippen LogP contribution in [-0.4, -0.2) is 196 Å². The molecule has 4 aromatic rings. The number of carbonyl (C=O) groups excluding carboxylic acids is 7. The second-order valence-electron chi connectivity index (χ2n) is 18.4. The molecule has 0 aliphatic carbocycles. The molecular formula is C54H65N9O13. The van der Waals surface area contributed by atoms with Crippen molar-refractivity contribution < 1.29 is 62.0 Å². The fraction of sp³-hybridized carbons (Fsp3) is 0.463. The van der Waals surface area contributed by atoms with Gasteiger partial charge in [-0.05, 0) is 67.8 Å². The van der Waals surface area contributed by atoms with E-state index in [0.29, 0.717) is 115 Å². The molecule has 3 saturated heterocycles. The van der Waals surface area contributed by atoms with E-state index in [-0.39, 0.29) is 72.6 Å². The van der Waals surface area contributed by atoms with Crippen molar-refractivity contribution in [1.29, 1.82) is 0 Å². The number of likely N-dealkylation sites (N-methyl/N-ethyl adjacent to an activating group) is 1. The molecule has 0 radical (unpaired) electrons. The Morgan fingerprint density at radius 2 is 1.25 bits per heavy atom. The van der Waals surface area contributed by atoms with Crippen LogP contribution in [0.25, 0.3) is 0 Å². The molecule has 1 atom stereocenters. The van der Waals surface area contributed by atoms with Crippen molar-refractivity contribution in [2.45, 2.75) is 38.1 Å². The predicted molar refractivity (Wildman–Crippen MR) is 276 cm³/mol. The SMILES string of the molecule is CN1C(=O)CCC(N2C(=O)c3cccc(NCCOCCOCCOCCOCCOCCC(=O)N4CCN(C(=O)C5CCN(c6ccc(NC(=O)c7cnc(Oc8ccccc8)nc7)cc6)CC5)CC4)c3C2=O)C1=O. The number of hydrogen-bond acceptors (Lipinski definition) is 17. The van der Waals surface area contributed by atoms with Crippen molar-refractivity contribution >= 4 is 58.4 Å². The van der Waals surface area contributed by atoms with Crippen LogP contribution >= 0.6 is 0 Å². The summed E-state index contributed by atoms with van der Waals surface area (Å²) >= 11 is 0. The lowest BCUT2D eigenvalue weighted by atomic mass is 9.94. The van der Waals surface area contributed by atoms with E-state index in [0.717, 1.165) is 41.4 Å². The number of piperidine rings is 2. The molecule has 3 aromatic carbocycles. The monoisotopic (exact) mass is 1050 g/mol. The Morgan fingerprint density at radius 1 is 0.645 bits per heavy atom. The molecule has 3 fully saturated rings. The minimum atomic E-state index is -1.01. The van der Waals surface area contributed by atoms with Crippen LogP contribution in [0.3, 0.4) is 0 Å². The number of imide groups is 2. The zero-order chi connectivity index (χ0) is 53.2. The third-order valence-electron chi connectivity index (χ3n) is 13.5. The number of piperazine rings is 1. The van der Waals surface area contributed by atoms with Crippen LogP contribution in [0.5, 0.6) is 11.8 Å². The largest absolute Gasteiger partial charge is 0.424 e. The van der Waals surface area contributed by atoms with Crippen molar-refractivity contribution in [3.05, 3.63) is 102 Å². The van der Waals surface area contributed by atoms with E-state index in [1.54, 1.807) is 35.2 Å². The fourth-order valence-electron chi connectivity index (χ4n) is 9.29. The van der Waals surface area contributed by atoms with Crippen LogP contribution in [-0.2, 0) is 42.9 Å². The minimum Gasteiger partial charge on any atom is -0.424 e. The van der Waals surface area contributed by atoms with Gasteiger partial charge in [-0.2, -0.15) is 0 Å². The molecule has 1 unspecified atom stereocenters. The number of carbonyl (C=O) groups is 7. The van der Waals surface area contributed by atoms with Crippen LogP contribution in [0.2, 0.25) is 0 Å². The van der Waals surface area contributed by atoms with Crippen molar-refractivity contribution in [2.75, 3.05) is 134 Å². The van der Waals surface area contributed by atoms with Crippen molar-refractivity contribution in [3.8, 4) is 11.8 Å². The first-order chi connectivity index (χ1) is 37.0. The highest BCUT2D eigenvalue weighted by molar-refractivity contribution is 6.25. The zero-order valence-corrected chi connectivity index (χ0v) is 42.7. The molecule has 7 amide bonds. The standard InChI is InChI=1S/C54H65N9O13/c1-59-46(64)15-14-45(52(59)69)63-51(68)43-8-5-9-44(48(43)53(63)70)55-19-27-72-29-31-74-33-35-75-34-32-73-30-28-71-26-18-47(65)61-22-24-62(25-23-61)50(67)38-16-20-60(21-17-38)41-12-10-40(11-13-41)58-49(66)39-36-56-54(57-37-39)76-42-6-3-2-4-7-42/h2-13,36-38,45,55H,14-35H2,1H3,(H,58,66). The van der Waals surface area contributed by atoms with Gasteiger partial charge >= 0.3 is 6.01 Å². The lowest BCUT2D eigenvalue weighted by Gasteiger charge is -2.39. The Balaban J connectivity index is 0.591. The summed E-state index contributed by atoms with van der Waals surface area (Å²) in [6, 6.07) is 20.8. The van der Waals surface area contributed by atoms with Gasteiger partial charge in [-0.1, -0.05) is 24.3 Å². The van der Waals surface area contributed by atoms with Gasteiger partial charge in [-0.3, -0.25) is 43.4 Å². The maximum Gasteiger partial charge on any atom is 0.321 e. The summed E-state index contributed by atoms with van der Waals surface area (Å²) in [6.07, 6.45) is 4.76. The summed E-state index contributed by atoms with van der Waals surface area (Å²) in [5, 5.41) is 6.03. The maximum atomic E-state index is 13.5. The number of para-hydroxylation sites is 1. The van der Waals surface area contributed by atoms with E-state index >= 15 is 0 Å². The third-order valence-corrected chi connectivity index (χ3v) is 13.5. The molecule has 76 heavy (non-hydrogen) atoms. The molecule has 0 spiro atoms. The number of benzene rings is 3. The zero-order valence-electron chi connectivity index (χ0n) is 42.7. The Morgan fingerprint density at radius 3 is 1.89 bits per heavy atom. The number of fused-ring (bicyclic) bond motifs is 1. The second-order valence-corrected chi connectivity index (χ2v) is 18.4. The smallest absolute Gasteiger partial charge is 0.321 e. The fourth-order valence-corrected chi connectivity index (χ4v) is 9.29. The molecule has 22 heteroatoms. The van der Waals surface area contributed by atoms with Gasteiger partial charge < -0.3 is 53.8 Å². The molecule has 22 nitrogen and oxygen atoms in total. The second kappa shape index (κ2) is 27.4. The summed E-state index contributed by atoms with van der Waals surface area (Å²) in [5.74, 6) is -1.66. The number of amides is 7. The maximum absolute atomic E-state index is 13.5. The van der Waals surface area contributed by atoms with Crippen LogP contribution < -0.4 is 20.3 Å². The van der Waals surface area contributed by atoms with Gasteiger partial charge in [0.25, 0.3) is 23.6 Å². The summed E-state index contributed by atoms with van der Waals surface area (Å²) in [6.45, 7) is 7.43. The molecule has 0 saturated carbocycles. The van der Waals surface area contributed by atoms with Crippen LogP contribution in [0, 0.1) is 5.92 Å². The number of ether oxygens (including phenoxy) is 6. The van der Waals surface area contributed by atoms with E-state index in [9.17, 15) is 33.6 Å². The van der Waals surface area contributed by atoms with E-state index in [4.69, 9.17) is 28.4 Å². The Bertz CT molecular complexity index is 2630. The van der Waals surface area contributed by atoms with Crippen molar-refractivity contribution in [2.24, 2.45) is 5.92 Å². The highest BCUT2D eigenvalue weighted by atomic mass is 16.6. The van der Waals surface area contributed by atoms with Gasteiger partial charge in [-0.15, -0.1) is 0 Å². The number of anilines is 3. The molecule has 2 N–H and O–H groups in total. The Labute approximate surface area is 440 Å². The summed E-state index contributed by atoms with van der Waals surface area (Å²) in [7, 11) is 1.36. The van der Waals surface area contributed by atoms with Crippen LogP contribution in [0.15, 0.2) is 85.2 Å². The van der Waals surface area contributed by atoms with Gasteiger partial charge in [0.1, 0.15) is 11.8 Å². The Kier molecular flexibility index (Phi) is 19.8. The van der Waals surface area contributed by atoms with Gasteiger partial charge in [0.15, 0.2) is 0 Å². The summed E-state index contributed by atoms with van der Waals surface area (Å²) < 4.78 is 33.6. The van der Waals surface area contributed by atoms with Crippen molar-refractivity contribution in [3.63, 3.8) is 0 Å². The Hall–Kier alpha value is -7.37. The van der Waals surface area contributed by atoms with E-state index < -0.39 is 23.8 Å². The highest BCUT2D eigenvalue weighted by Crippen LogP contribution is 2.33. The molecule has 404 valence electrons. The molecule has 8 rings (SSSR count). The molecule has 4 aliphatic heterocycles. The van der Waals surface area contributed by atoms with Gasteiger partial charge in [-0.25, -0.2) is 9.97 Å². The lowest BCUT2D eigenvalue weighted by Crippen LogP contribution is -2.54. The molecule has 1 aromatic heterocycles. The topological polar surface area (TPSA) is 241 Å². The lowest BCUT2D eigenvalue weighted by molar-refractivity contribution is -0.149. The third kappa shape index (κ3) is 14.5. The average Bonchev–Trinajstić information content (AvgIpc) is 3.76. The minimum absolute atomic E-state index is 0.00532. The van der Waals surface area contributed by atoms with Crippen LogP contribution in [0.1, 0.15) is 63.2 Å². The summed E-state index contributed by atoms with van der Waals surface area (Å²) in [4.78, 5) is 106. The number of likely N-dealkylation sites (tertiary alicyclic amines) is 1. The molecular weight excluding hydrogens is 983 g/mol. The van der Waals surface area contributed by atoms with Gasteiger partial charge in [0.05, 0.1) is 89.2 Å². The normalized spacial score (nSPS) is 17.1. The molecule has 5 heterocycles. The first-order valence-electron chi connectivity index (χ1n) is 25.8. The average molecular weight is 1050 g/mol. The number of aromatic nitrogens is 2. The van der Waals surface area contributed by atoms with Crippen molar-refractivity contribution in [1.82, 2.24) is 29.6 Å². The number of nitrogens with one attached hydrogen (secondary N) is 2. The summed E-state index contributed by atoms with van der Waals surface area (Å²) in [5.41, 5.74) is 2.84. The number of hydrogen-bond donors (Lipinski definition) is 2. The number of rotatable bonds is 26.